The summed E-state index contributed by atoms with van der Waals surface area (Å²) in [5, 5.41) is 0. The lowest BCUT2D eigenvalue weighted by atomic mass is 9.82. The van der Waals surface area contributed by atoms with Crippen molar-refractivity contribution in [1.29, 1.82) is 0 Å². The van der Waals surface area contributed by atoms with Gasteiger partial charge in [-0.25, -0.2) is 8.78 Å². The zero-order chi connectivity index (χ0) is 9.64. The molecular formula is C10H17F2N. The quantitative estimate of drug-likeness (QED) is 0.611. The third-order valence-corrected chi connectivity index (χ3v) is 3.69. The van der Waals surface area contributed by atoms with Crippen LogP contribution in [0.5, 0.6) is 0 Å². The van der Waals surface area contributed by atoms with E-state index in [2.05, 4.69) is 13.8 Å². The zero-order valence-electron chi connectivity index (χ0n) is 8.26. The molecule has 13 heavy (non-hydrogen) atoms. The topological polar surface area (TPSA) is 3.24 Å². The van der Waals surface area contributed by atoms with E-state index in [4.69, 9.17) is 0 Å². The van der Waals surface area contributed by atoms with E-state index in [1.165, 1.54) is 0 Å². The van der Waals surface area contributed by atoms with Gasteiger partial charge in [-0.3, -0.25) is 4.90 Å². The molecule has 0 N–H and O–H groups in total. The summed E-state index contributed by atoms with van der Waals surface area (Å²) in [5.74, 6) is 0.356. The summed E-state index contributed by atoms with van der Waals surface area (Å²) >= 11 is 0. The van der Waals surface area contributed by atoms with Gasteiger partial charge in [0.2, 0.25) is 0 Å². The van der Waals surface area contributed by atoms with Gasteiger partial charge in [0.1, 0.15) is 12.3 Å². The maximum atomic E-state index is 13.2. The first-order valence-electron chi connectivity index (χ1n) is 5.08. The number of hydrogen-bond donors (Lipinski definition) is 0. The Balaban J connectivity index is 2.21. The van der Waals surface area contributed by atoms with Crippen molar-refractivity contribution >= 4 is 0 Å². The highest BCUT2D eigenvalue weighted by Gasteiger charge is 2.53. The van der Waals surface area contributed by atoms with Crippen LogP contribution in [-0.4, -0.2) is 35.9 Å². The van der Waals surface area contributed by atoms with E-state index in [9.17, 15) is 8.78 Å². The van der Waals surface area contributed by atoms with Crippen molar-refractivity contribution in [2.75, 3.05) is 13.1 Å². The van der Waals surface area contributed by atoms with Crippen LogP contribution in [0.3, 0.4) is 0 Å². The molecule has 0 bridgehead atoms. The number of halogens is 2. The summed E-state index contributed by atoms with van der Waals surface area (Å²) < 4.78 is 26.4. The van der Waals surface area contributed by atoms with Crippen LogP contribution in [0, 0.1) is 5.92 Å². The van der Waals surface area contributed by atoms with Crippen LogP contribution in [-0.2, 0) is 0 Å². The summed E-state index contributed by atoms with van der Waals surface area (Å²) in [7, 11) is 0. The molecule has 2 saturated heterocycles. The first kappa shape index (κ1) is 9.38. The van der Waals surface area contributed by atoms with E-state index in [0.717, 1.165) is 0 Å². The molecule has 3 atom stereocenters. The molecule has 2 fully saturated rings. The lowest BCUT2D eigenvalue weighted by Crippen LogP contribution is -2.42. The Morgan fingerprint density at radius 1 is 1.15 bits per heavy atom. The normalized spacial score (nSPS) is 45.9. The summed E-state index contributed by atoms with van der Waals surface area (Å²) in [6.07, 6.45) is -0.416. The van der Waals surface area contributed by atoms with Gasteiger partial charge < -0.3 is 0 Å². The van der Waals surface area contributed by atoms with Gasteiger partial charge in [-0.15, -0.1) is 0 Å². The molecule has 0 aliphatic carbocycles. The second-order valence-corrected chi connectivity index (χ2v) is 4.77. The van der Waals surface area contributed by atoms with E-state index in [0.29, 0.717) is 31.8 Å². The zero-order valence-corrected chi connectivity index (χ0v) is 8.26. The number of alkyl halides is 2. The molecule has 2 aliphatic heterocycles. The van der Waals surface area contributed by atoms with Crippen molar-refractivity contribution in [3.8, 4) is 0 Å². The van der Waals surface area contributed by atoms with E-state index in [-0.39, 0.29) is 5.54 Å². The Bertz CT molecular complexity index is 191. The van der Waals surface area contributed by atoms with E-state index in [1.807, 2.05) is 4.90 Å². The van der Waals surface area contributed by atoms with Gasteiger partial charge >= 0.3 is 0 Å². The van der Waals surface area contributed by atoms with Gasteiger partial charge in [0.15, 0.2) is 0 Å². The highest BCUT2D eigenvalue weighted by atomic mass is 19.1. The molecule has 0 aromatic carbocycles. The Morgan fingerprint density at radius 2 is 1.62 bits per heavy atom. The summed E-state index contributed by atoms with van der Waals surface area (Å²) in [4.78, 5) is 2.02. The van der Waals surface area contributed by atoms with Gasteiger partial charge in [0.05, 0.1) is 0 Å². The van der Waals surface area contributed by atoms with Gasteiger partial charge in [0.25, 0.3) is 0 Å². The fourth-order valence-electron chi connectivity index (χ4n) is 2.99. The second kappa shape index (κ2) is 2.91. The van der Waals surface area contributed by atoms with Gasteiger partial charge in [0, 0.05) is 18.6 Å². The number of hydrogen-bond acceptors (Lipinski definition) is 1. The predicted molar refractivity (Wildman–Crippen MR) is 48.2 cm³/mol. The Labute approximate surface area is 78.1 Å². The predicted octanol–water partition coefficient (Wildman–Crippen LogP) is 2.17. The van der Waals surface area contributed by atoms with Crippen molar-refractivity contribution in [3.63, 3.8) is 0 Å². The molecular weight excluding hydrogens is 172 g/mol. The van der Waals surface area contributed by atoms with E-state index >= 15 is 0 Å². The minimum Gasteiger partial charge on any atom is -0.291 e. The number of fused-ring (bicyclic) bond motifs is 1. The Hall–Kier alpha value is -0.180. The van der Waals surface area contributed by atoms with Crippen LogP contribution in [0.1, 0.15) is 26.7 Å². The molecule has 0 aromatic rings. The summed E-state index contributed by atoms with van der Waals surface area (Å²) in [5.41, 5.74) is -0.168. The molecule has 2 aliphatic rings. The minimum absolute atomic E-state index is 0.168. The fraction of sp³-hybridized carbons (Fsp3) is 1.00. The SMILES string of the molecule is CC(C)C12C[C@H](F)CN1C[C@H](F)C2. The van der Waals surface area contributed by atoms with E-state index in [1.54, 1.807) is 0 Å². The van der Waals surface area contributed by atoms with Crippen LogP contribution in [0.25, 0.3) is 0 Å². The van der Waals surface area contributed by atoms with Crippen LogP contribution >= 0.6 is 0 Å². The molecule has 0 saturated carbocycles. The van der Waals surface area contributed by atoms with Gasteiger partial charge in [-0.1, -0.05) is 13.8 Å². The van der Waals surface area contributed by atoms with Crippen molar-refractivity contribution in [3.05, 3.63) is 0 Å². The molecule has 2 rings (SSSR count). The molecule has 0 radical (unpaired) electrons. The molecule has 76 valence electrons. The average Bonchev–Trinajstić information content (AvgIpc) is 2.40. The second-order valence-electron chi connectivity index (χ2n) is 4.77. The van der Waals surface area contributed by atoms with Gasteiger partial charge in [-0.2, -0.15) is 0 Å². The molecule has 0 amide bonds. The highest BCUT2D eigenvalue weighted by Crippen LogP contribution is 2.45. The Morgan fingerprint density at radius 3 is 1.92 bits per heavy atom. The molecule has 3 heteroatoms. The lowest BCUT2D eigenvalue weighted by Gasteiger charge is -2.35. The number of nitrogens with zero attached hydrogens (tertiary/aromatic N) is 1. The third kappa shape index (κ3) is 1.28. The molecule has 1 nitrogen and oxygen atoms in total. The highest BCUT2D eigenvalue weighted by molar-refractivity contribution is 5.07. The maximum Gasteiger partial charge on any atom is 0.115 e. The van der Waals surface area contributed by atoms with Crippen molar-refractivity contribution < 1.29 is 8.78 Å². The minimum atomic E-state index is -0.741. The maximum absolute atomic E-state index is 13.2. The van der Waals surface area contributed by atoms with Crippen LogP contribution < -0.4 is 0 Å². The Kier molecular flexibility index (Phi) is 2.10. The largest absolute Gasteiger partial charge is 0.291 e. The molecule has 0 spiro atoms. The van der Waals surface area contributed by atoms with Crippen LogP contribution in [0.15, 0.2) is 0 Å². The summed E-state index contributed by atoms with van der Waals surface area (Å²) in [6.45, 7) is 5.03. The molecule has 0 aromatic heterocycles. The van der Waals surface area contributed by atoms with Crippen LogP contribution in [0.2, 0.25) is 0 Å². The van der Waals surface area contributed by atoms with Crippen molar-refractivity contribution in [2.24, 2.45) is 5.92 Å². The van der Waals surface area contributed by atoms with E-state index < -0.39 is 12.3 Å². The lowest BCUT2D eigenvalue weighted by molar-refractivity contribution is 0.136. The molecule has 1 unspecified atom stereocenters. The molecule has 2 heterocycles. The number of rotatable bonds is 1. The van der Waals surface area contributed by atoms with Crippen LogP contribution in [0.4, 0.5) is 8.78 Å². The van der Waals surface area contributed by atoms with Crippen molar-refractivity contribution in [1.82, 2.24) is 4.90 Å². The first-order chi connectivity index (χ1) is 6.04. The third-order valence-electron chi connectivity index (χ3n) is 3.69. The first-order valence-corrected chi connectivity index (χ1v) is 5.08. The van der Waals surface area contributed by atoms with Crippen molar-refractivity contribution in [2.45, 2.75) is 44.6 Å². The summed E-state index contributed by atoms with van der Waals surface area (Å²) in [6, 6.07) is 0. The smallest absolute Gasteiger partial charge is 0.115 e. The average molecular weight is 189 g/mol. The van der Waals surface area contributed by atoms with Gasteiger partial charge in [-0.05, 0) is 18.8 Å². The standard InChI is InChI=1S/C10H17F2N/c1-7(2)10-3-8(11)5-13(10)6-9(12)4-10/h7-9H,3-6H2,1-2H3/t8-,9+,10?. The fourth-order valence-corrected chi connectivity index (χ4v) is 2.99. The monoisotopic (exact) mass is 189 g/mol.